The third-order valence-electron chi connectivity index (χ3n) is 4.12. The average molecular weight is 397 g/mol. The normalized spacial score (nSPS) is 14.0. The van der Waals surface area contributed by atoms with Crippen LogP contribution >= 0.6 is 11.8 Å². The molecule has 0 aliphatic carbocycles. The molecule has 0 unspecified atom stereocenters. The van der Waals surface area contributed by atoms with Gasteiger partial charge in [0.05, 0.1) is 18.6 Å². The Balaban J connectivity index is 1.87. The van der Waals surface area contributed by atoms with E-state index in [0.29, 0.717) is 36.2 Å². The molecule has 0 saturated carbocycles. The smallest absolute Gasteiger partial charge is 0.228 e. The Morgan fingerprint density at radius 2 is 2.08 bits per heavy atom. The van der Waals surface area contributed by atoms with Crippen molar-refractivity contribution in [2.45, 2.75) is 51.0 Å². The highest BCUT2D eigenvalue weighted by Gasteiger charge is 2.23. The zero-order valence-corrected chi connectivity index (χ0v) is 17.5. The first-order chi connectivity index (χ1) is 12.4. The van der Waals surface area contributed by atoms with Crippen molar-refractivity contribution in [1.29, 1.82) is 0 Å². The summed E-state index contributed by atoms with van der Waals surface area (Å²) >= 11 is 1.46. The maximum atomic E-state index is 14.6. The first kappa shape index (κ1) is 19.5. The minimum Gasteiger partial charge on any atom is -0.450 e. The van der Waals surface area contributed by atoms with Gasteiger partial charge in [0.15, 0.2) is 11.9 Å². The summed E-state index contributed by atoms with van der Waals surface area (Å²) in [5.41, 5.74) is 2.03. The van der Waals surface area contributed by atoms with E-state index in [1.165, 1.54) is 17.8 Å². The molecule has 0 radical (unpaired) electrons. The van der Waals surface area contributed by atoms with Crippen LogP contribution in [0.3, 0.4) is 0 Å². The molecule has 1 aromatic heterocycles. The summed E-state index contributed by atoms with van der Waals surface area (Å²) in [5.74, 6) is 0.808. The molecule has 2 heterocycles. The number of nitrogens with zero attached hydrogens (tertiary/aromatic N) is 2. The molecule has 0 fully saturated rings. The van der Waals surface area contributed by atoms with Crippen molar-refractivity contribution < 1.29 is 18.6 Å². The fourth-order valence-electron chi connectivity index (χ4n) is 2.72. The van der Waals surface area contributed by atoms with Gasteiger partial charge in [-0.3, -0.25) is 0 Å². The van der Waals surface area contributed by atoms with Gasteiger partial charge in [0.2, 0.25) is 5.88 Å². The fourth-order valence-corrected chi connectivity index (χ4v) is 4.04. The van der Waals surface area contributed by atoms with E-state index < -0.39 is 8.07 Å². The Hall–Kier alpha value is -1.22. The van der Waals surface area contributed by atoms with Crippen LogP contribution in [-0.2, 0) is 22.7 Å². The summed E-state index contributed by atoms with van der Waals surface area (Å²) in [7, 11) is -1.15. The topological polar surface area (TPSA) is 53.5 Å². The monoisotopic (exact) mass is 396 g/mol. The van der Waals surface area contributed by atoms with Gasteiger partial charge in [0, 0.05) is 14.7 Å². The van der Waals surface area contributed by atoms with Crippen LogP contribution in [0.5, 0.6) is 5.88 Å². The summed E-state index contributed by atoms with van der Waals surface area (Å²) in [6, 6.07) is 2.57. The Labute approximate surface area is 158 Å². The Morgan fingerprint density at radius 3 is 2.81 bits per heavy atom. The summed E-state index contributed by atoms with van der Waals surface area (Å²) in [5, 5.41) is 1.11. The minimum absolute atomic E-state index is 0.0962. The van der Waals surface area contributed by atoms with Crippen molar-refractivity contribution in [2.24, 2.45) is 0 Å². The van der Waals surface area contributed by atoms with E-state index in [-0.39, 0.29) is 18.1 Å². The summed E-state index contributed by atoms with van der Waals surface area (Å²) in [6.07, 6.45) is 0. The molecule has 2 aromatic rings. The molecule has 1 aliphatic heterocycles. The molecule has 1 aliphatic rings. The van der Waals surface area contributed by atoms with Gasteiger partial charge in [-0.1, -0.05) is 38.3 Å². The quantitative estimate of drug-likeness (QED) is 0.214. The van der Waals surface area contributed by atoms with E-state index in [1.807, 2.05) is 6.92 Å². The number of hydrogen-bond acceptors (Lipinski definition) is 6. The fraction of sp³-hybridized carbons (Fsp3) is 0.556. The Morgan fingerprint density at radius 1 is 1.27 bits per heavy atom. The summed E-state index contributed by atoms with van der Waals surface area (Å²) < 4.78 is 31.5. The lowest BCUT2D eigenvalue weighted by atomic mass is 10.0. The largest absolute Gasteiger partial charge is 0.450 e. The SMILES string of the molecule is CCSc1nc(OCOCC[Si](C)(C)C)c2c3c(cc(F)c2n1)COC3. The molecule has 1 aromatic carbocycles. The van der Waals surface area contributed by atoms with Gasteiger partial charge < -0.3 is 14.2 Å². The maximum Gasteiger partial charge on any atom is 0.228 e. The van der Waals surface area contributed by atoms with Gasteiger partial charge in [0.1, 0.15) is 11.3 Å². The third-order valence-corrected chi connectivity index (χ3v) is 6.56. The van der Waals surface area contributed by atoms with Crippen molar-refractivity contribution in [1.82, 2.24) is 9.97 Å². The van der Waals surface area contributed by atoms with Crippen molar-refractivity contribution in [2.75, 3.05) is 19.2 Å². The maximum absolute atomic E-state index is 14.6. The van der Waals surface area contributed by atoms with E-state index in [1.54, 1.807) is 0 Å². The van der Waals surface area contributed by atoms with Crippen molar-refractivity contribution in [3.8, 4) is 5.88 Å². The highest BCUT2D eigenvalue weighted by Crippen LogP contribution is 2.36. The molecule has 0 spiro atoms. The number of rotatable bonds is 8. The number of ether oxygens (including phenoxy) is 3. The van der Waals surface area contributed by atoms with Crippen LogP contribution < -0.4 is 4.74 Å². The molecule has 0 amide bonds. The van der Waals surface area contributed by atoms with Crippen molar-refractivity contribution in [3.05, 3.63) is 23.0 Å². The van der Waals surface area contributed by atoms with E-state index >= 15 is 0 Å². The predicted molar refractivity (Wildman–Crippen MR) is 104 cm³/mol. The van der Waals surface area contributed by atoms with E-state index in [0.717, 1.165) is 22.9 Å². The molecule has 26 heavy (non-hydrogen) atoms. The van der Waals surface area contributed by atoms with Gasteiger partial charge in [0.25, 0.3) is 0 Å². The average Bonchev–Trinajstić information content (AvgIpc) is 3.02. The number of halogens is 1. The standard InChI is InChI=1S/C18H25FN2O3SSi/c1-5-25-18-20-16-14(19)8-12-9-23-10-13(12)15(16)17(21-18)24-11-22-6-7-26(2,3)4/h8H,5-7,9-11H2,1-4H3. The Bertz CT molecular complexity index is 798. The van der Waals surface area contributed by atoms with Gasteiger partial charge >= 0.3 is 0 Å². The van der Waals surface area contributed by atoms with E-state index in [2.05, 4.69) is 29.6 Å². The third kappa shape index (κ3) is 4.54. The summed E-state index contributed by atoms with van der Waals surface area (Å²) in [4.78, 5) is 8.88. The van der Waals surface area contributed by atoms with Crippen LogP contribution in [-0.4, -0.2) is 37.2 Å². The number of aromatic nitrogens is 2. The number of thioether (sulfide) groups is 1. The van der Waals surface area contributed by atoms with Crippen LogP contribution in [0.2, 0.25) is 25.7 Å². The van der Waals surface area contributed by atoms with Crippen LogP contribution in [0.15, 0.2) is 11.2 Å². The molecule has 0 atom stereocenters. The second-order valence-electron chi connectivity index (χ2n) is 7.44. The van der Waals surface area contributed by atoms with Crippen LogP contribution in [0, 0.1) is 5.82 Å². The second-order valence-corrected chi connectivity index (χ2v) is 14.3. The number of hydrogen-bond donors (Lipinski definition) is 0. The van der Waals surface area contributed by atoms with Gasteiger partial charge in [-0.25, -0.2) is 9.37 Å². The van der Waals surface area contributed by atoms with Crippen LogP contribution in [0.1, 0.15) is 18.1 Å². The zero-order valence-electron chi connectivity index (χ0n) is 15.7. The van der Waals surface area contributed by atoms with Gasteiger partial charge in [-0.2, -0.15) is 4.98 Å². The van der Waals surface area contributed by atoms with E-state index in [9.17, 15) is 4.39 Å². The molecule has 8 heteroatoms. The summed E-state index contributed by atoms with van der Waals surface area (Å²) in [6.45, 7) is 10.5. The molecular formula is C18H25FN2O3SSi. The van der Waals surface area contributed by atoms with Gasteiger partial charge in [-0.15, -0.1) is 0 Å². The lowest BCUT2D eigenvalue weighted by molar-refractivity contribution is 0.0198. The van der Waals surface area contributed by atoms with Crippen LogP contribution in [0.25, 0.3) is 10.9 Å². The minimum atomic E-state index is -1.15. The predicted octanol–water partition coefficient (Wildman–Crippen LogP) is 4.60. The van der Waals surface area contributed by atoms with Crippen molar-refractivity contribution in [3.63, 3.8) is 0 Å². The zero-order chi connectivity index (χ0) is 18.7. The number of fused-ring (bicyclic) bond motifs is 3. The number of benzene rings is 1. The second kappa shape index (κ2) is 8.20. The van der Waals surface area contributed by atoms with Crippen LogP contribution in [0.4, 0.5) is 4.39 Å². The first-order valence-corrected chi connectivity index (χ1v) is 13.5. The first-order valence-electron chi connectivity index (χ1n) is 8.82. The van der Waals surface area contributed by atoms with Gasteiger partial charge in [-0.05, 0) is 29.0 Å². The Kier molecular flexibility index (Phi) is 6.16. The highest BCUT2D eigenvalue weighted by molar-refractivity contribution is 7.99. The molecule has 0 bridgehead atoms. The van der Waals surface area contributed by atoms with E-state index in [4.69, 9.17) is 14.2 Å². The highest BCUT2D eigenvalue weighted by atomic mass is 32.2. The lowest BCUT2D eigenvalue weighted by Crippen LogP contribution is -2.22. The molecule has 142 valence electrons. The molecule has 0 saturated heterocycles. The molecule has 3 rings (SSSR count). The molecule has 0 N–H and O–H groups in total. The molecule has 5 nitrogen and oxygen atoms in total. The molecular weight excluding hydrogens is 371 g/mol. The van der Waals surface area contributed by atoms with Crippen molar-refractivity contribution >= 4 is 30.7 Å². The lowest BCUT2D eigenvalue weighted by Gasteiger charge is -2.16.